The third kappa shape index (κ3) is 1.54. The highest BCUT2D eigenvalue weighted by Gasteiger charge is 2.16. The fourth-order valence-corrected chi connectivity index (χ4v) is 4.33. The van der Waals surface area contributed by atoms with Crippen molar-refractivity contribution in [2.24, 2.45) is 0 Å². The first-order valence-electron chi connectivity index (χ1n) is 8.35. The fourth-order valence-electron chi connectivity index (χ4n) is 4.33. The van der Waals surface area contributed by atoms with E-state index in [1.807, 2.05) is 0 Å². The first-order chi connectivity index (χ1) is 12.3. The molecule has 1 nitrogen and oxygen atoms in total. The number of hydrogen-bond donors (Lipinski definition) is 0. The van der Waals surface area contributed by atoms with E-state index in [2.05, 4.69) is 65.6 Å². The highest BCUT2D eigenvalue weighted by molar-refractivity contribution is 6.39. The van der Waals surface area contributed by atoms with Crippen LogP contribution in [0.1, 0.15) is 0 Å². The minimum Gasteiger partial charge on any atom is -0.253 e. The van der Waals surface area contributed by atoms with E-state index in [1.165, 1.54) is 38.5 Å². The molecule has 0 saturated carbocycles. The number of rotatable bonds is 0. The lowest BCUT2D eigenvalue weighted by atomic mass is 9.87. The van der Waals surface area contributed by atoms with Crippen LogP contribution in [0.25, 0.3) is 54.0 Å². The average Bonchev–Trinajstić information content (AvgIpc) is 2.67. The molecular weight excluding hydrogens is 309 g/mol. The second kappa shape index (κ2) is 4.42. The van der Waals surface area contributed by atoms with E-state index < -0.39 is 0 Å². The van der Waals surface area contributed by atoms with Crippen molar-refractivity contribution in [3.05, 3.63) is 78.7 Å². The molecular formula is C23H12FN. The number of fused-ring (bicyclic) bond motifs is 6. The van der Waals surface area contributed by atoms with Gasteiger partial charge in [-0.2, -0.15) is 0 Å². The summed E-state index contributed by atoms with van der Waals surface area (Å²) in [6.45, 7) is 0. The van der Waals surface area contributed by atoms with Gasteiger partial charge in [0.15, 0.2) is 0 Å². The molecule has 0 spiro atoms. The van der Waals surface area contributed by atoms with Crippen LogP contribution in [0.5, 0.6) is 0 Å². The molecule has 0 radical (unpaired) electrons. The van der Waals surface area contributed by atoms with Gasteiger partial charge in [0.1, 0.15) is 5.82 Å². The van der Waals surface area contributed by atoms with Crippen molar-refractivity contribution in [2.45, 2.75) is 0 Å². The Kier molecular flexibility index (Phi) is 2.31. The van der Waals surface area contributed by atoms with E-state index in [0.717, 1.165) is 21.7 Å². The summed E-state index contributed by atoms with van der Waals surface area (Å²) in [7, 11) is 0. The number of pyridine rings is 1. The first-order valence-corrected chi connectivity index (χ1v) is 8.35. The Morgan fingerprint density at radius 1 is 0.560 bits per heavy atom. The van der Waals surface area contributed by atoms with Crippen LogP contribution in [0.3, 0.4) is 0 Å². The highest BCUT2D eigenvalue weighted by atomic mass is 19.1. The summed E-state index contributed by atoms with van der Waals surface area (Å²) < 4.78 is 13.9. The van der Waals surface area contributed by atoms with Crippen molar-refractivity contribution in [1.82, 2.24) is 4.98 Å². The number of hydrogen-bond acceptors (Lipinski definition) is 1. The van der Waals surface area contributed by atoms with E-state index in [9.17, 15) is 4.39 Å². The largest absolute Gasteiger partial charge is 0.253 e. The van der Waals surface area contributed by atoms with Crippen molar-refractivity contribution in [3.8, 4) is 0 Å². The summed E-state index contributed by atoms with van der Waals surface area (Å²) in [6, 6.07) is 22.7. The van der Waals surface area contributed by atoms with Crippen molar-refractivity contribution in [3.63, 3.8) is 0 Å². The van der Waals surface area contributed by atoms with Crippen LogP contribution in [0.4, 0.5) is 4.39 Å². The van der Waals surface area contributed by atoms with Gasteiger partial charge in [-0.3, -0.25) is 4.98 Å². The van der Waals surface area contributed by atoms with Gasteiger partial charge in [0.2, 0.25) is 0 Å². The molecule has 2 heteroatoms. The molecule has 0 unspecified atom stereocenters. The summed E-state index contributed by atoms with van der Waals surface area (Å²) in [4.78, 5) is 4.43. The third-order valence-electron chi connectivity index (χ3n) is 5.29. The molecule has 0 bridgehead atoms. The lowest BCUT2D eigenvalue weighted by Gasteiger charge is -2.16. The molecule has 6 aromatic rings. The van der Waals surface area contributed by atoms with Crippen LogP contribution in [-0.2, 0) is 0 Å². The number of nitrogens with zero attached hydrogens (tertiary/aromatic N) is 1. The smallest absolute Gasteiger partial charge is 0.142 e. The Balaban J connectivity index is 2.12. The second-order valence-electron chi connectivity index (χ2n) is 6.55. The summed E-state index contributed by atoms with van der Waals surface area (Å²) in [5, 5.41) is 10.4. The maximum absolute atomic E-state index is 13.9. The number of benzene rings is 5. The normalized spacial score (nSPS) is 12.2. The number of aromatic nitrogens is 1. The summed E-state index contributed by atoms with van der Waals surface area (Å²) in [5.74, 6) is -0.299. The Hall–Kier alpha value is -3.26. The van der Waals surface area contributed by atoms with Gasteiger partial charge >= 0.3 is 0 Å². The molecule has 0 amide bonds. The van der Waals surface area contributed by atoms with Crippen LogP contribution in [0.2, 0.25) is 0 Å². The number of halogens is 1. The van der Waals surface area contributed by atoms with Crippen LogP contribution >= 0.6 is 0 Å². The SMILES string of the molecule is Fc1cnc2c(c1)c1cccc3c4ccccc4c4cccc2c4c31. The minimum atomic E-state index is -0.299. The minimum absolute atomic E-state index is 0.299. The van der Waals surface area contributed by atoms with Gasteiger partial charge in [-0.1, -0.05) is 60.7 Å². The predicted molar refractivity (Wildman–Crippen MR) is 103 cm³/mol. The predicted octanol–water partition coefficient (Wildman–Crippen LogP) is 6.42. The van der Waals surface area contributed by atoms with Gasteiger partial charge in [0.05, 0.1) is 11.7 Å². The summed E-state index contributed by atoms with van der Waals surface area (Å²) >= 11 is 0. The van der Waals surface area contributed by atoms with E-state index in [-0.39, 0.29) is 5.82 Å². The van der Waals surface area contributed by atoms with Crippen molar-refractivity contribution in [2.75, 3.05) is 0 Å². The Labute approximate surface area is 142 Å². The molecule has 0 fully saturated rings. The molecule has 0 saturated heterocycles. The Bertz CT molecular complexity index is 1450. The zero-order valence-electron chi connectivity index (χ0n) is 13.3. The lowest BCUT2D eigenvalue weighted by Crippen LogP contribution is -1.91. The fraction of sp³-hybridized carbons (Fsp3) is 0. The molecule has 0 atom stereocenters. The molecule has 1 heterocycles. The van der Waals surface area contributed by atoms with Crippen LogP contribution in [0, 0.1) is 5.82 Å². The van der Waals surface area contributed by atoms with E-state index in [4.69, 9.17) is 0 Å². The van der Waals surface area contributed by atoms with Gasteiger partial charge in [-0.25, -0.2) is 4.39 Å². The molecule has 116 valence electrons. The van der Waals surface area contributed by atoms with E-state index in [0.29, 0.717) is 0 Å². The first kappa shape index (κ1) is 13.1. The molecule has 0 aliphatic carbocycles. The van der Waals surface area contributed by atoms with E-state index >= 15 is 0 Å². The van der Waals surface area contributed by atoms with Crippen molar-refractivity contribution in [1.29, 1.82) is 0 Å². The monoisotopic (exact) mass is 321 g/mol. The van der Waals surface area contributed by atoms with Crippen molar-refractivity contribution < 1.29 is 4.39 Å². The van der Waals surface area contributed by atoms with Crippen molar-refractivity contribution >= 4 is 54.0 Å². The van der Waals surface area contributed by atoms with Crippen LogP contribution < -0.4 is 0 Å². The zero-order chi connectivity index (χ0) is 16.5. The summed E-state index contributed by atoms with van der Waals surface area (Å²) in [6.07, 6.45) is 1.31. The molecule has 25 heavy (non-hydrogen) atoms. The quantitative estimate of drug-likeness (QED) is 0.232. The standard InChI is InChI=1S/C23H12FN/c24-13-11-20-18-9-3-7-16-14-5-1-2-6-15(14)17-8-4-10-19(22(17)21(16)18)23(20)25-12-13/h1-12H. The molecule has 0 aliphatic heterocycles. The van der Waals surface area contributed by atoms with Gasteiger partial charge in [-0.15, -0.1) is 0 Å². The van der Waals surface area contributed by atoms with Gasteiger partial charge in [-0.05, 0) is 38.4 Å². The molecule has 0 aliphatic rings. The lowest BCUT2D eigenvalue weighted by molar-refractivity contribution is 0.624. The van der Waals surface area contributed by atoms with Gasteiger partial charge in [0, 0.05) is 16.2 Å². The second-order valence-corrected chi connectivity index (χ2v) is 6.55. The summed E-state index contributed by atoms with van der Waals surface area (Å²) in [5.41, 5.74) is 0.863. The Morgan fingerprint density at radius 3 is 1.76 bits per heavy atom. The van der Waals surface area contributed by atoms with Crippen LogP contribution in [0.15, 0.2) is 72.9 Å². The molecule has 0 N–H and O–H groups in total. The van der Waals surface area contributed by atoms with Gasteiger partial charge < -0.3 is 0 Å². The average molecular weight is 321 g/mol. The topological polar surface area (TPSA) is 12.9 Å². The maximum atomic E-state index is 13.9. The zero-order valence-corrected chi connectivity index (χ0v) is 13.3. The van der Waals surface area contributed by atoms with E-state index in [1.54, 1.807) is 6.07 Å². The highest BCUT2D eigenvalue weighted by Crippen LogP contribution is 2.43. The third-order valence-corrected chi connectivity index (χ3v) is 5.29. The molecule has 5 aromatic carbocycles. The van der Waals surface area contributed by atoms with Gasteiger partial charge in [0.25, 0.3) is 0 Å². The van der Waals surface area contributed by atoms with Crippen LogP contribution in [-0.4, -0.2) is 4.98 Å². The molecule has 6 rings (SSSR count). The Morgan fingerprint density at radius 2 is 1.08 bits per heavy atom. The molecule has 1 aromatic heterocycles. The maximum Gasteiger partial charge on any atom is 0.142 e.